The van der Waals surface area contributed by atoms with Crippen LogP contribution in [0.25, 0.3) is 0 Å². The van der Waals surface area contributed by atoms with Gasteiger partial charge in [0.05, 0.1) is 11.8 Å². The SMILES string of the molecule is O=C(NCc1ccc(Cl)cc1Cl)C(=O)N/N=C\c1ccc(C(=O)O)cc1. The first-order valence-electron chi connectivity index (χ1n) is 7.25. The van der Waals surface area contributed by atoms with Crippen molar-refractivity contribution in [2.75, 3.05) is 0 Å². The van der Waals surface area contributed by atoms with Gasteiger partial charge in [0, 0.05) is 16.6 Å². The zero-order chi connectivity index (χ0) is 19.1. The van der Waals surface area contributed by atoms with Gasteiger partial charge in [0.25, 0.3) is 0 Å². The summed E-state index contributed by atoms with van der Waals surface area (Å²) in [5.74, 6) is -2.87. The summed E-state index contributed by atoms with van der Waals surface area (Å²) in [7, 11) is 0. The fourth-order valence-corrected chi connectivity index (χ4v) is 2.32. The number of hydrazone groups is 1. The van der Waals surface area contributed by atoms with Crippen LogP contribution in [0.5, 0.6) is 0 Å². The summed E-state index contributed by atoms with van der Waals surface area (Å²) in [4.78, 5) is 34.1. The third-order valence-corrected chi connectivity index (χ3v) is 3.79. The summed E-state index contributed by atoms with van der Waals surface area (Å²) in [6.07, 6.45) is 1.28. The molecule has 2 aromatic rings. The number of carbonyl (C=O) groups excluding carboxylic acids is 2. The van der Waals surface area contributed by atoms with Gasteiger partial charge >= 0.3 is 17.8 Å². The van der Waals surface area contributed by atoms with E-state index in [0.717, 1.165) is 0 Å². The largest absolute Gasteiger partial charge is 0.478 e. The molecule has 0 heterocycles. The average Bonchev–Trinajstić information content (AvgIpc) is 2.61. The van der Waals surface area contributed by atoms with Gasteiger partial charge in [-0.3, -0.25) is 9.59 Å². The predicted octanol–water partition coefficient (Wildman–Crippen LogP) is 2.46. The Hall–Kier alpha value is -2.90. The number of aromatic carboxylic acids is 1. The summed E-state index contributed by atoms with van der Waals surface area (Å²) in [5.41, 5.74) is 3.38. The lowest BCUT2D eigenvalue weighted by molar-refractivity contribution is -0.139. The molecule has 3 N–H and O–H groups in total. The molecule has 0 aliphatic heterocycles. The van der Waals surface area contributed by atoms with E-state index in [9.17, 15) is 14.4 Å². The van der Waals surface area contributed by atoms with Crippen LogP contribution in [0.4, 0.5) is 0 Å². The number of carbonyl (C=O) groups is 3. The van der Waals surface area contributed by atoms with Crippen molar-refractivity contribution in [2.24, 2.45) is 5.10 Å². The third kappa shape index (κ3) is 5.58. The highest BCUT2D eigenvalue weighted by molar-refractivity contribution is 6.36. The van der Waals surface area contributed by atoms with Crippen LogP contribution in [0.3, 0.4) is 0 Å². The molecule has 134 valence electrons. The van der Waals surface area contributed by atoms with Crippen LogP contribution in [0.15, 0.2) is 47.6 Å². The number of hydrogen-bond donors (Lipinski definition) is 3. The number of carboxylic acids is 1. The molecule has 0 aromatic heterocycles. The van der Waals surface area contributed by atoms with Crippen LogP contribution in [0.1, 0.15) is 21.5 Å². The van der Waals surface area contributed by atoms with E-state index in [1.54, 1.807) is 12.1 Å². The van der Waals surface area contributed by atoms with Crippen LogP contribution in [0, 0.1) is 0 Å². The highest BCUT2D eigenvalue weighted by atomic mass is 35.5. The summed E-state index contributed by atoms with van der Waals surface area (Å²) >= 11 is 11.8. The van der Waals surface area contributed by atoms with E-state index >= 15 is 0 Å². The standard InChI is InChI=1S/C17H13Cl2N3O4/c18-13-6-5-12(14(19)7-13)9-20-15(23)16(24)22-21-8-10-1-3-11(4-2-10)17(25)26/h1-8H,9H2,(H,20,23)(H,22,24)(H,25,26)/b21-8-. The Bertz CT molecular complexity index is 867. The van der Waals surface area contributed by atoms with Crippen LogP contribution < -0.4 is 10.7 Å². The normalized spacial score (nSPS) is 10.5. The minimum atomic E-state index is -1.04. The van der Waals surface area contributed by atoms with E-state index in [1.165, 1.54) is 36.5 Å². The van der Waals surface area contributed by atoms with Crippen molar-refractivity contribution in [2.45, 2.75) is 6.54 Å². The quantitative estimate of drug-likeness (QED) is 0.411. The first kappa shape index (κ1) is 19.4. The zero-order valence-electron chi connectivity index (χ0n) is 13.2. The van der Waals surface area contributed by atoms with Gasteiger partial charge in [0.1, 0.15) is 0 Å². The van der Waals surface area contributed by atoms with Crippen molar-refractivity contribution >= 4 is 47.2 Å². The Morgan fingerprint density at radius 2 is 1.73 bits per heavy atom. The van der Waals surface area contributed by atoms with Crippen molar-refractivity contribution < 1.29 is 19.5 Å². The summed E-state index contributed by atoms with van der Waals surface area (Å²) in [6.45, 7) is 0.0582. The lowest BCUT2D eigenvalue weighted by Gasteiger charge is -2.06. The molecule has 0 aliphatic rings. The van der Waals surface area contributed by atoms with Crippen molar-refractivity contribution in [3.8, 4) is 0 Å². The van der Waals surface area contributed by atoms with E-state index in [4.69, 9.17) is 28.3 Å². The van der Waals surface area contributed by atoms with Crippen molar-refractivity contribution in [3.63, 3.8) is 0 Å². The van der Waals surface area contributed by atoms with Gasteiger partial charge in [0.15, 0.2) is 0 Å². The second-order valence-corrected chi connectivity index (χ2v) is 5.89. The number of halogens is 2. The van der Waals surface area contributed by atoms with E-state index in [2.05, 4.69) is 15.8 Å². The number of nitrogens with one attached hydrogen (secondary N) is 2. The van der Waals surface area contributed by atoms with Gasteiger partial charge in [-0.25, -0.2) is 10.2 Å². The molecule has 26 heavy (non-hydrogen) atoms. The Balaban J connectivity index is 1.84. The molecule has 0 bridgehead atoms. The van der Waals surface area contributed by atoms with Gasteiger partial charge in [-0.2, -0.15) is 5.10 Å². The Kier molecular flexibility index (Phi) is 6.71. The molecule has 9 heteroatoms. The third-order valence-electron chi connectivity index (χ3n) is 3.20. The van der Waals surface area contributed by atoms with Crippen molar-refractivity contribution in [3.05, 3.63) is 69.2 Å². The number of hydrogen-bond acceptors (Lipinski definition) is 4. The average molecular weight is 394 g/mol. The van der Waals surface area contributed by atoms with Crippen LogP contribution in [0.2, 0.25) is 10.0 Å². The van der Waals surface area contributed by atoms with Crippen molar-refractivity contribution in [1.82, 2.24) is 10.7 Å². The van der Waals surface area contributed by atoms with Crippen LogP contribution >= 0.6 is 23.2 Å². The molecule has 2 rings (SSSR count). The van der Waals surface area contributed by atoms with Gasteiger partial charge < -0.3 is 10.4 Å². The fraction of sp³-hybridized carbons (Fsp3) is 0.0588. The highest BCUT2D eigenvalue weighted by Crippen LogP contribution is 2.20. The van der Waals surface area contributed by atoms with Crippen LogP contribution in [-0.4, -0.2) is 29.1 Å². The Morgan fingerprint density at radius 3 is 2.35 bits per heavy atom. The smallest absolute Gasteiger partial charge is 0.335 e. The minimum absolute atomic E-state index is 0.0582. The predicted molar refractivity (Wildman–Crippen MR) is 97.4 cm³/mol. The van der Waals surface area contributed by atoms with Gasteiger partial charge in [-0.15, -0.1) is 0 Å². The second-order valence-electron chi connectivity index (χ2n) is 5.04. The van der Waals surface area contributed by atoms with Gasteiger partial charge in [0.2, 0.25) is 0 Å². The van der Waals surface area contributed by atoms with Gasteiger partial charge in [-0.1, -0.05) is 41.4 Å². The molecule has 2 amide bonds. The first-order valence-corrected chi connectivity index (χ1v) is 8.01. The highest BCUT2D eigenvalue weighted by Gasteiger charge is 2.13. The maximum absolute atomic E-state index is 11.7. The molecule has 0 fully saturated rings. The van der Waals surface area contributed by atoms with E-state index in [-0.39, 0.29) is 12.1 Å². The molecule has 2 aromatic carbocycles. The van der Waals surface area contributed by atoms with E-state index in [0.29, 0.717) is 21.2 Å². The molecular weight excluding hydrogens is 381 g/mol. The first-order chi connectivity index (χ1) is 12.4. The molecule has 0 saturated heterocycles. The maximum Gasteiger partial charge on any atom is 0.335 e. The molecule has 0 atom stereocenters. The number of benzene rings is 2. The molecule has 0 spiro atoms. The molecule has 0 aliphatic carbocycles. The number of rotatable bonds is 5. The zero-order valence-corrected chi connectivity index (χ0v) is 14.7. The minimum Gasteiger partial charge on any atom is -0.478 e. The fourth-order valence-electron chi connectivity index (χ4n) is 1.85. The lowest BCUT2D eigenvalue weighted by Crippen LogP contribution is -2.37. The number of amides is 2. The molecular formula is C17H13Cl2N3O4. The van der Waals surface area contributed by atoms with Crippen molar-refractivity contribution in [1.29, 1.82) is 0 Å². The van der Waals surface area contributed by atoms with Crippen LogP contribution in [-0.2, 0) is 16.1 Å². The Morgan fingerprint density at radius 1 is 1.04 bits per heavy atom. The number of carboxylic acid groups (broad SMARTS) is 1. The van der Waals surface area contributed by atoms with E-state index in [1.807, 2.05) is 0 Å². The maximum atomic E-state index is 11.7. The second kappa shape index (κ2) is 8.98. The monoisotopic (exact) mass is 393 g/mol. The lowest BCUT2D eigenvalue weighted by atomic mass is 10.1. The summed E-state index contributed by atoms with van der Waals surface area (Å²) in [5, 5.41) is 15.7. The Labute approximate surface area is 158 Å². The molecule has 0 radical (unpaired) electrons. The number of nitrogens with zero attached hydrogens (tertiary/aromatic N) is 1. The molecule has 7 nitrogen and oxygen atoms in total. The van der Waals surface area contributed by atoms with E-state index < -0.39 is 17.8 Å². The van der Waals surface area contributed by atoms with Gasteiger partial charge in [-0.05, 0) is 35.4 Å². The topological polar surface area (TPSA) is 108 Å². The molecule has 0 saturated carbocycles. The summed E-state index contributed by atoms with van der Waals surface area (Å²) in [6, 6.07) is 10.6. The summed E-state index contributed by atoms with van der Waals surface area (Å²) < 4.78 is 0. The molecule has 0 unspecified atom stereocenters.